The van der Waals surface area contributed by atoms with Crippen LogP contribution in [0.2, 0.25) is 0 Å². The Balaban J connectivity index is 1.24. The first kappa shape index (κ1) is 27.1. The molecule has 3 atom stereocenters. The molecule has 2 fully saturated rings. The zero-order valence-corrected chi connectivity index (χ0v) is 23.2. The molecule has 0 saturated carbocycles. The maximum absolute atomic E-state index is 13.3. The van der Waals surface area contributed by atoms with Crippen molar-refractivity contribution in [1.29, 1.82) is 0 Å². The van der Waals surface area contributed by atoms with E-state index in [-0.39, 0.29) is 17.9 Å². The number of rotatable bonds is 8. The third-order valence-corrected chi connectivity index (χ3v) is 8.95. The van der Waals surface area contributed by atoms with E-state index in [0.717, 1.165) is 23.1 Å². The van der Waals surface area contributed by atoms with Gasteiger partial charge in [0, 0.05) is 50.1 Å². The van der Waals surface area contributed by atoms with Gasteiger partial charge in [-0.15, -0.1) is 0 Å². The topological polar surface area (TPSA) is 101 Å². The molecule has 10 heteroatoms. The predicted octanol–water partition coefficient (Wildman–Crippen LogP) is 3.76. The number of nitrogens with one attached hydrogen (secondary N) is 1. The van der Waals surface area contributed by atoms with E-state index in [1.807, 2.05) is 44.2 Å². The van der Waals surface area contributed by atoms with E-state index in [1.165, 1.54) is 4.31 Å². The minimum Gasteiger partial charge on any atom is -0.486 e. The number of carbonyl (C=O) groups excluding carboxylic acids is 1. The van der Waals surface area contributed by atoms with Crippen LogP contribution in [0.1, 0.15) is 39.4 Å². The van der Waals surface area contributed by atoms with E-state index < -0.39 is 16.3 Å². The number of aromatic nitrogens is 1. The normalized spacial score (nSPS) is 21.7. The van der Waals surface area contributed by atoms with Crippen molar-refractivity contribution in [3.63, 3.8) is 0 Å². The highest BCUT2D eigenvalue weighted by atomic mass is 32.2. The van der Waals surface area contributed by atoms with E-state index in [1.54, 1.807) is 48.7 Å². The maximum Gasteiger partial charge on any atom is 0.301 e. The summed E-state index contributed by atoms with van der Waals surface area (Å²) in [6, 6.07) is 16.6. The fraction of sp³-hybridized carbons (Fsp3) is 0.379. The lowest BCUT2D eigenvalue weighted by Gasteiger charge is -2.20. The zero-order chi connectivity index (χ0) is 27.6. The monoisotopic (exact) mass is 550 g/mol. The van der Waals surface area contributed by atoms with Crippen LogP contribution < -0.4 is 9.46 Å². The van der Waals surface area contributed by atoms with Crippen molar-refractivity contribution in [3.8, 4) is 5.75 Å². The van der Waals surface area contributed by atoms with Crippen LogP contribution in [0.5, 0.6) is 5.75 Å². The van der Waals surface area contributed by atoms with Gasteiger partial charge in [-0.1, -0.05) is 29.8 Å². The number of hydrogen-bond acceptors (Lipinski definition) is 6. The molecule has 0 spiro atoms. The van der Waals surface area contributed by atoms with Crippen LogP contribution in [0.15, 0.2) is 67.0 Å². The molecule has 9 nitrogen and oxygen atoms in total. The van der Waals surface area contributed by atoms with E-state index >= 15 is 0 Å². The summed E-state index contributed by atoms with van der Waals surface area (Å²) < 4.78 is 42.3. The zero-order valence-electron chi connectivity index (χ0n) is 22.4. The van der Waals surface area contributed by atoms with Gasteiger partial charge in [-0.3, -0.25) is 14.5 Å². The van der Waals surface area contributed by atoms with Gasteiger partial charge in [0.25, 0.3) is 5.91 Å². The average Bonchev–Trinajstić information content (AvgIpc) is 3.58. The van der Waals surface area contributed by atoms with Crippen LogP contribution in [-0.4, -0.2) is 74.0 Å². The van der Waals surface area contributed by atoms with E-state index in [0.29, 0.717) is 43.2 Å². The van der Waals surface area contributed by atoms with Crippen molar-refractivity contribution in [2.75, 3.05) is 38.0 Å². The first-order valence-corrected chi connectivity index (χ1v) is 14.5. The Morgan fingerprint density at radius 2 is 1.85 bits per heavy atom. The third-order valence-electron chi connectivity index (χ3n) is 7.44. The van der Waals surface area contributed by atoms with E-state index in [4.69, 9.17) is 9.47 Å². The van der Waals surface area contributed by atoms with Gasteiger partial charge in [0.2, 0.25) is 0 Å². The summed E-state index contributed by atoms with van der Waals surface area (Å²) >= 11 is 0. The molecular formula is C29H34N4O5S. The summed E-state index contributed by atoms with van der Waals surface area (Å²) in [5, 5.41) is 0. The van der Waals surface area contributed by atoms with Crippen LogP contribution >= 0.6 is 0 Å². The molecule has 3 unspecified atom stereocenters. The molecule has 0 aliphatic carbocycles. The van der Waals surface area contributed by atoms with Gasteiger partial charge in [0.15, 0.2) is 0 Å². The van der Waals surface area contributed by atoms with Crippen LogP contribution in [0.3, 0.4) is 0 Å². The highest BCUT2D eigenvalue weighted by Crippen LogP contribution is 2.30. The Morgan fingerprint density at radius 3 is 2.62 bits per heavy atom. The van der Waals surface area contributed by atoms with Gasteiger partial charge in [0.05, 0.1) is 18.8 Å². The lowest BCUT2D eigenvalue weighted by atomic mass is 10.0. The molecule has 5 rings (SSSR count). The van der Waals surface area contributed by atoms with Crippen molar-refractivity contribution < 1.29 is 22.7 Å². The number of pyridine rings is 1. The van der Waals surface area contributed by atoms with E-state index in [2.05, 4.69) is 9.71 Å². The molecule has 206 valence electrons. The van der Waals surface area contributed by atoms with Crippen molar-refractivity contribution in [3.05, 3.63) is 89.2 Å². The summed E-state index contributed by atoms with van der Waals surface area (Å²) in [6.07, 6.45) is 3.54. The summed E-state index contributed by atoms with van der Waals surface area (Å²) in [7, 11) is -2.14. The van der Waals surface area contributed by atoms with Crippen LogP contribution in [0.4, 0.5) is 5.69 Å². The largest absolute Gasteiger partial charge is 0.486 e. The quantitative estimate of drug-likeness (QED) is 0.458. The summed E-state index contributed by atoms with van der Waals surface area (Å²) in [5.74, 6) is 0.562. The lowest BCUT2D eigenvalue weighted by Crippen LogP contribution is -2.34. The molecule has 2 aliphatic heterocycles. The van der Waals surface area contributed by atoms with Gasteiger partial charge in [0.1, 0.15) is 18.0 Å². The molecular weight excluding hydrogens is 516 g/mol. The number of amides is 1. The molecule has 0 radical (unpaired) electrons. The Morgan fingerprint density at radius 1 is 1.03 bits per heavy atom. The summed E-state index contributed by atoms with van der Waals surface area (Å²) in [5.41, 5.74) is 4.08. The number of anilines is 1. The lowest BCUT2D eigenvalue weighted by molar-refractivity contribution is 0.0340. The van der Waals surface area contributed by atoms with Gasteiger partial charge < -0.3 is 14.4 Å². The van der Waals surface area contributed by atoms with Crippen LogP contribution in [-0.2, 0) is 14.9 Å². The highest BCUT2D eigenvalue weighted by Gasteiger charge is 2.38. The predicted molar refractivity (Wildman–Crippen MR) is 149 cm³/mol. The second-order valence-electron chi connectivity index (χ2n) is 10.2. The fourth-order valence-corrected chi connectivity index (χ4v) is 6.52. The second kappa shape index (κ2) is 11.3. The van der Waals surface area contributed by atoms with Crippen molar-refractivity contribution in [1.82, 2.24) is 14.2 Å². The smallest absolute Gasteiger partial charge is 0.301 e. The number of methoxy groups -OCH3 is 1. The van der Waals surface area contributed by atoms with Crippen LogP contribution in [0.25, 0.3) is 0 Å². The summed E-state index contributed by atoms with van der Waals surface area (Å²) in [4.78, 5) is 19.2. The molecule has 0 bridgehead atoms. The minimum atomic E-state index is -3.74. The van der Waals surface area contributed by atoms with Crippen molar-refractivity contribution >= 4 is 21.8 Å². The number of likely N-dealkylation sites (tertiary alicyclic amines) is 1. The SMILES string of the molecule is COC1CN(C(=O)c2cc(C)ccc2C)CC1Oc1cccc(NS(=O)(=O)N2CCC(c3cccnc3)C2)c1. The highest BCUT2D eigenvalue weighted by molar-refractivity contribution is 7.90. The van der Waals surface area contributed by atoms with Gasteiger partial charge in [-0.2, -0.15) is 12.7 Å². The molecule has 3 aromatic rings. The van der Waals surface area contributed by atoms with Gasteiger partial charge in [-0.05, 0) is 55.7 Å². The van der Waals surface area contributed by atoms with Crippen molar-refractivity contribution in [2.45, 2.75) is 38.4 Å². The Bertz CT molecular complexity index is 1430. The number of nitrogens with zero attached hydrogens (tertiary/aromatic N) is 3. The Kier molecular flexibility index (Phi) is 7.88. The van der Waals surface area contributed by atoms with Crippen LogP contribution in [0, 0.1) is 13.8 Å². The Labute approximate surface area is 229 Å². The summed E-state index contributed by atoms with van der Waals surface area (Å²) in [6.45, 7) is 5.51. The molecule has 2 aromatic carbocycles. The number of ether oxygens (including phenoxy) is 2. The minimum absolute atomic E-state index is 0.0546. The van der Waals surface area contributed by atoms with Gasteiger partial charge in [-0.25, -0.2) is 0 Å². The van der Waals surface area contributed by atoms with E-state index in [9.17, 15) is 13.2 Å². The molecule has 2 saturated heterocycles. The first-order chi connectivity index (χ1) is 18.7. The molecule has 1 amide bonds. The molecule has 39 heavy (non-hydrogen) atoms. The molecule has 1 N–H and O–H groups in total. The Hall–Kier alpha value is -3.47. The number of benzene rings is 2. The molecule has 3 heterocycles. The number of aryl methyl sites for hydroxylation is 2. The first-order valence-electron chi connectivity index (χ1n) is 13.1. The standard InChI is InChI=1S/C29H34N4O5S/c1-20-9-10-21(2)26(14-20)29(34)32-18-27(37-3)28(19-32)38-25-8-4-7-24(15-25)31-39(35,36)33-13-11-23(17-33)22-6-5-12-30-16-22/h4-10,12,14-16,23,27-28,31H,11,13,17-19H2,1-3H3. The fourth-order valence-electron chi connectivity index (χ4n) is 5.24. The average molecular weight is 551 g/mol. The second-order valence-corrected chi connectivity index (χ2v) is 11.9. The molecule has 2 aliphatic rings. The molecule has 1 aromatic heterocycles. The maximum atomic E-state index is 13.3. The van der Waals surface area contributed by atoms with Crippen molar-refractivity contribution in [2.24, 2.45) is 0 Å². The number of hydrogen-bond donors (Lipinski definition) is 1. The van der Waals surface area contributed by atoms with Gasteiger partial charge >= 0.3 is 10.2 Å². The number of carbonyl (C=O) groups is 1. The third kappa shape index (κ3) is 6.08.